The van der Waals surface area contributed by atoms with E-state index < -0.39 is 0 Å². The fraction of sp³-hybridized carbons (Fsp3) is 0.714. The number of hydrogen-bond donors (Lipinski definition) is 2. The molecular weight excluding hydrogens is 304 g/mol. The van der Waals surface area contributed by atoms with Crippen LogP contribution in [0.15, 0.2) is 10.8 Å². The second-order valence-corrected chi connectivity index (χ2v) is 6.21. The van der Waals surface area contributed by atoms with E-state index in [0.29, 0.717) is 6.04 Å². The first kappa shape index (κ1) is 14.6. The third-order valence-corrected chi connectivity index (χ3v) is 4.44. The van der Waals surface area contributed by atoms with Crippen molar-refractivity contribution in [3.05, 3.63) is 10.8 Å². The van der Waals surface area contributed by atoms with Crippen LogP contribution in [-0.2, 0) is 0 Å². The van der Waals surface area contributed by atoms with Crippen molar-refractivity contribution < 1.29 is 0 Å². The van der Waals surface area contributed by atoms with Crippen LogP contribution in [0.2, 0.25) is 0 Å². The molecule has 1 heterocycles. The van der Waals surface area contributed by atoms with Crippen molar-refractivity contribution in [2.75, 3.05) is 17.2 Å². The summed E-state index contributed by atoms with van der Waals surface area (Å²) in [6, 6.07) is 0.543. The molecule has 4 nitrogen and oxygen atoms in total. The van der Waals surface area contributed by atoms with E-state index >= 15 is 0 Å². The smallest absolute Gasteiger partial charge is 0.146 e. The van der Waals surface area contributed by atoms with Crippen LogP contribution in [-0.4, -0.2) is 22.6 Å². The summed E-state index contributed by atoms with van der Waals surface area (Å²) >= 11 is 3.60. The summed E-state index contributed by atoms with van der Waals surface area (Å²) in [5.74, 6) is 2.66. The maximum absolute atomic E-state index is 4.35. The van der Waals surface area contributed by atoms with Crippen LogP contribution in [0.25, 0.3) is 0 Å². The zero-order valence-corrected chi connectivity index (χ0v) is 13.3. The average Bonchev–Trinajstić information content (AvgIpc) is 2.42. The molecule has 0 aliphatic heterocycles. The van der Waals surface area contributed by atoms with Crippen molar-refractivity contribution in [2.24, 2.45) is 5.92 Å². The lowest BCUT2D eigenvalue weighted by Gasteiger charge is -2.27. The Labute approximate surface area is 123 Å². The topological polar surface area (TPSA) is 49.8 Å². The van der Waals surface area contributed by atoms with Crippen LogP contribution in [0.5, 0.6) is 0 Å². The summed E-state index contributed by atoms with van der Waals surface area (Å²) in [6.45, 7) is 5.41. The summed E-state index contributed by atoms with van der Waals surface area (Å²) in [5.41, 5.74) is 0. The van der Waals surface area contributed by atoms with E-state index in [2.05, 4.69) is 50.4 Å². The summed E-state index contributed by atoms with van der Waals surface area (Å²) < 4.78 is 0.946. The second-order valence-electron chi connectivity index (χ2n) is 5.41. The number of hydrogen-bond acceptors (Lipinski definition) is 4. The minimum atomic E-state index is 0.543. The lowest BCUT2D eigenvalue weighted by atomic mass is 9.87. The normalized spacial score (nSPS) is 23.1. The van der Waals surface area contributed by atoms with Crippen LogP contribution < -0.4 is 10.6 Å². The molecule has 0 unspecified atom stereocenters. The molecule has 0 atom stereocenters. The lowest BCUT2D eigenvalue weighted by Crippen LogP contribution is -2.26. The molecule has 0 amide bonds. The Morgan fingerprint density at radius 1 is 1.21 bits per heavy atom. The van der Waals surface area contributed by atoms with Crippen molar-refractivity contribution >= 4 is 27.6 Å². The SMILES string of the molecule is CCCNc1ncnc(NC2CCC(C)CC2)c1Br. The molecule has 1 fully saturated rings. The van der Waals surface area contributed by atoms with Gasteiger partial charge >= 0.3 is 0 Å². The minimum Gasteiger partial charge on any atom is -0.369 e. The molecule has 1 aliphatic rings. The molecule has 0 radical (unpaired) electrons. The van der Waals surface area contributed by atoms with Gasteiger partial charge in [0.2, 0.25) is 0 Å². The van der Waals surface area contributed by atoms with Gasteiger partial charge in [0.25, 0.3) is 0 Å². The van der Waals surface area contributed by atoms with E-state index in [9.17, 15) is 0 Å². The zero-order valence-electron chi connectivity index (χ0n) is 11.7. The summed E-state index contributed by atoms with van der Waals surface area (Å²) in [6.07, 6.45) is 7.78. The molecule has 106 valence electrons. The number of rotatable bonds is 5. The highest BCUT2D eigenvalue weighted by molar-refractivity contribution is 9.10. The van der Waals surface area contributed by atoms with Crippen LogP contribution in [0, 0.1) is 5.92 Å². The lowest BCUT2D eigenvalue weighted by molar-refractivity contribution is 0.360. The second kappa shape index (κ2) is 7.08. The predicted molar refractivity (Wildman–Crippen MR) is 83.6 cm³/mol. The Hall–Kier alpha value is -0.840. The van der Waals surface area contributed by atoms with Crippen LogP contribution in [0.3, 0.4) is 0 Å². The van der Waals surface area contributed by atoms with E-state index in [0.717, 1.165) is 35.0 Å². The van der Waals surface area contributed by atoms with Gasteiger partial charge in [0.15, 0.2) is 0 Å². The molecule has 0 bridgehead atoms. The van der Waals surface area contributed by atoms with E-state index in [4.69, 9.17) is 0 Å². The van der Waals surface area contributed by atoms with Gasteiger partial charge in [-0.05, 0) is 54.0 Å². The molecule has 1 aliphatic carbocycles. The fourth-order valence-electron chi connectivity index (χ4n) is 2.43. The Morgan fingerprint density at radius 3 is 2.58 bits per heavy atom. The van der Waals surface area contributed by atoms with Gasteiger partial charge in [-0.25, -0.2) is 9.97 Å². The molecule has 1 aromatic rings. The largest absolute Gasteiger partial charge is 0.369 e. The van der Waals surface area contributed by atoms with Crippen LogP contribution >= 0.6 is 15.9 Å². The maximum atomic E-state index is 4.35. The monoisotopic (exact) mass is 326 g/mol. The summed E-state index contributed by atoms with van der Waals surface area (Å²) in [4.78, 5) is 8.62. The van der Waals surface area contributed by atoms with E-state index in [1.165, 1.54) is 25.7 Å². The highest BCUT2D eigenvalue weighted by Crippen LogP contribution is 2.30. The Bertz CT molecular complexity index is 402. The molecule has 19 heavy (non-hydrogen) atoms. The Morgan fingerprint density at radius 2 is 1.89 bits per heavy atom. The number of anilines is 2. The van der Waals surface area contributed by atoms with Crippen molar-refractivity contribution in [2.45, 2.75) is 52.0 Å². The Kier molecular flexibility index (Phi) is 5.43. The fourth-order valence-corrected chi connectivity index (χ4v) is 2.89. The standard InChI is InChI=1S/C14H23BrN4/c1-3-8-16-13-12(15)14(18-9-17-13)19-11-6-4-10(2)5-7-11/h9-11H,3-8H2,1-2H3,(H2,16,17,18,19). The van der Waals surface area contributed by atoms with Crippen LogP contribution in [0.1, 0.15) is 46.0 Å². The molecule has 1 saturated carbocycles. The highest BCUT2D eigenvalue weighted by atomic mass is 79.9. The van der Waals surface area contributed by atoms with E-state index in [-0.39, 0.29) is 0 Å². The third-order valence-electron chi connectivity index (χ3n) is 3.69. The molecule has 5 heteroatoms. The number of nitrogens with zero attached hydrogens (tertiary/aromatic N) is 2. The van der Waals surface area contributed by atoms with Gasteiger partial charge in [-0.2, -0.15) is 0 Å². The molecule has 0 aromatic carbocycles. The van der Waals surface area contributed by atoms with Gasteiger partial charge < -0.3 is 10.6 Å². The van der Waals surface area contributed by atoms with Crippen molar-refractivity contribution in [3.8, 4) is 0 Å². The van der Waals surface area contributed by atoms with Gasteiger partial charge in [-0.1, -0.05) is 13.8 Å². The predicted octanol–water partition coefficient (Wildman–Crippen LogP) is 4.05. The summed E-state index contributed by atoms with van der Waals surface area (Å²) in [5, 5.41) is 6.86. The van der Waals surface area contributed by atoms with Gasteiger partial charge in [0, 0.05) is 12.6 Å². The first-order chi connectivity index (χ1) is 9.20. The number of halogens is 1. The number of aromatic nitrogens is 2. The van der Waals surface area contributed by atoms with Gasteiger partial charge in [-0.15, -0.1) is 0 Å². The molecule has 1 aromatic heterocycles. The zero-order chi connectivity index (χ0) is 13.7. The van der Waals surface area contributed by atoms with Crippen molar-refractivity contribution in [1.82, 2.24) is 9.97 Å². The van der Waals surface area contributed by atoms with Crippen molar-refractivity contribution in [3.63, 3.8) is 0 Å². The molecule has 0 spiro atoms. The summed E-state index contributed by atoms with van der Waals surface area (Å²) in [7, 11) is 0. The highest BCUT2D eigenvalue weighted by Gasteiger charge is 2.19. The first-order valence-corrected chi connectivity index (χ1v) is 8.01. The minimum absolute atomic E-state index is 0.543. The molecular formula is C14H23BrN4. The Balaban J connectivity index is 1.99. The van der Waals surface area contributed by atoms with Gasteiger partial charge in [0.1, 0.15) is 22.4 Å². The molecule has 2 rings (SSSR count). The van der Waals surface area contributed by atoms with Gasteiger partial charge in [0.05, 0.1) is 0 Å². The van der Waals surface area contributed by atoms with Crippen LogP contribution in [0.4, 0.5) is 11.6 Å². The molecule has 0 saturated heterocycles. The number of nitrogens with one attached hydrogen (secondary N) is 2. The van der Waals surface area contributed by atoms with E-state index in [1.807, 2.05) is 0 Å². The quantitative estimate of drug-likeness (QED) is 0.856. The maximum Gasteiger partial charge on any atom is 0.146 e. The average molecular weight is 327 g/mol. The molecule has 2 N–H and O–H groups in total. The van der Waals surface area contributed by atoms with Crippen molar-refractivity contribution in [1.29, 1.82) is 0 Å². The third kappa shape index (κ3) is 4.06. The van der Waals surface area contributed by atoms with Gasteiger partial charge in [-0.3, -0.25) is 0 Å². The first-order valence-electron chi connectivity index (χ1n) is 7.21. The van der Waals surface area contributed by atoms with E-state index in [1.54, 1.807) is 6.33 Å².